The minimum Gasteiger partial charge on any atom is -0.484 e. The summed E-state index contributed by atoms with van der Waals surface area (Å²) in [5.74, 6) is -1.09. The maximum absolute atomic E-state index is 13.1. The number of esters is 1. The molecule has 2 aromatic rings. The molecule has 2 rings (SSSR count). The van der Waals surface area contributed by atoms with Gasteiger partial charge in [0.15, 0.2) is 6.61 Å². The van der Waals surface area contributed by atoms with E-state index in [9.17, 15) is 14.0 Å². The van der Waals surface area contributed by atoms with E-state index in [4.69, 9.17) is 9.47 Å². The van der Waals surface area contributed by atoms with E-state index in [1.54, 1.807) is 19.9 Å². The topological polar surface area (TPSA) is 64.6 Å². The van der Waals surface area contributed by atoms with Gasteiger partial charge >= 0.3 is 5.97 Å². The van der Waals surface area contributed by atoms with Crippen LogP contribution in [0.1, 0.15) is 27.7 Å². The average molecular weight is 351 g/mol. The van der Waals surface area contributed by atoms with Crippen LogP contribution in [0.15, 0.2) is 24.3 Å². The van der Waals surface area contributed by atoms with Crippen LogP contribution in [0.5, 0.6) is 5.75 Å². The lowest BCUT2D eigenvalue weighted by molar-refractivity contribution is -0.118. The third-order valence-electron chi connectivity index (χ3n) is 3.28. The Kier molecular flexibility index (Phi) is 5.92. The molecule has 7 heteroatoms. The molecule has 1 N–H and O–H groups in total. The van der Waals surface area contributed by atoms with Crippen LogP contribution in [0.3, 0.4) is 0 Å². The number of aryl methyl sites for hydroxylation is 1. The van der Waals surface area contributed by atoms with Gasteiger partial charge in [-0.25, -0.2) is 9.18 Å². The van der Waals surface area contributed by atoms with Gasteiger partial charge in [0.25, 0.3) is 5.91 Å². The number of hydrogen-bond donors (Lipinski definition) is 1. The van der Waals surface area contributed by atoms with Gasteiger partial charge in [-0.3, -0.25) is 4.79 Å². The second-order valence-electron chi connectivity index (χ2n) is 5.00. The largest absolute Gasteiger partial charge is 0.484 e. The predicted molar refractivity (Wildman–Crippen MR) is 90.3 cm³/mol. The number of carbonyl (C=O) groups excluding carboxylic acids is 2. The average Bonchev–Trinajstić information content (AvgIpc) is 2.80. The molecule has 0 fully saturated rings. The Bertz CT molecular complexity index is 757. The lowest BCUT2D eigenvalue weighted by Crippen LogP contribution is -2.21. The van der Waals surface area contributed by atoms with Crippen LogP contribution in [0.2, 0.25) is 0 Å². The zero-order chi connectivity index (χ0) is 17.7. The minimum atomic E-state index is -0.472. The Hall–Kier alpha value is -2.41. The van der Waals surface area contributed by atoms with E-state index in [0.717, 1.165) is 10.4 Å². The quantitative estimate of drug-likeness (QED) is 0.806. The zero-order valence-corrected chi connectivity index (χ0v) is 14.5. The second-order valence-corrected chi connectivity index (χ2v) is 6.23. The molecule has 0 saturated heterocycles. The highest BCUT2D eigenvalue weighted by molar-refractivity contribution is 7.16. The number of thiophene rings is 1. The Morgan fingerprint density at radius 1 is 1.29 bits per heavy atom. The van der Waals surface area contributed by atoms with Gasteiger partial charge in [-0.15, -0.1) is 11.3 Å². The fraction of sp³-hybridized carbons (Fsp3) is 0.294. The van der Waals surface area contributed by atoms with E-state index in [1.165, 1.54) is 29.5 Å². The Balaban J connectivity index is 2.06. The summed E-state index contributed by atoms with van der Waals surface area (Å²) >= 11 is 1.30. The first-order chi connectivity index (χ1) is 11.4. The summed E-state index contributed by atoms with van der Waals surface area (Å²) in [7, 11) is 0. The van der Waals surface area contributed by atoms with Gasteiger partial charge in [0.05, 0.1) is 12.2 Å². The van der Waals surface area contributed by atoms with Crippen LogP contribution >= 0.6 is 11.3 Å². The van der Waals surface area contributed by atoms with Crippen molar-refractivity contribution < 1.29 is 23.5 Å². The first kappa shape index (κ1) is 17.9. The molecular weight excluding hydrogens is 333 g/mol. The van der Waals surface area contributed by atoms with E-state index in [-0.39, 0.29) is 19.0 Å². The van der Waals surface area contributed by atoms with Gasteiger partial charge in [0, 0.05) is 10.9 Å². The smallest absolute Gasteiger partial charge is 0.341 e. The molecule has 1 aromatic carbocycles. The normalized spacial score (nSPS) is 10.3. The first-order valence-corrected chi connectivity index (χ1v) is 8.19. The number of benzene rings is 1. The van der Waals surface area contributed by atoms with Crippen LogP contribution in [0.25, 0.3) is 0 Å². The van der Waals surface area contributed by atoms with Crippen molar-refractivity contribution in [1.29, 1.82) is 0 Å². The number of hydrogen-bond acceptors (Lipinski definition) is 5. The minimum absolute atomic E-state index is 0.253. The second kappa shape index (κ2) is 7.92. The van der Waals surface area contributed by atoms with Crippen molar-refractivity contribution in [2.24, 2.45) is 0 Å². The highest BCUT2D eigenvalue weighted by atomic mass is 32.1. The fourth-order valence-electron chi connectivity index (χ4n) is 2.03. The summed E-state index contributed by atoms with van der Waals surface area (Å²) in [4.78, 5) is 25.0. The molecule has 1 heterocycles. The number of amides is 1. The van der Waals surface area contributed by atoms with Crippen LogP contribution in [0, 0.1) is 19.7 Å². The van der Waals surface area contributed by atoms with Gasteiger partial charge in [0.1, 0.15) is 16.6 Å². The predicted octanol–water partition coefficient (Wildman–Crippen LogP) is 3.70. The van der Waals surface area contributed by atoms with Crippen molar-refractivity contribution in [2.45, 2.75) is 20.8 Å². The van der Waals surface area contributed by atoms with Gasteiger partial charge in [-0.1, -0.05) is 6.07 Å². The molecule has 0 atom stereocenters. The van der Waals surface area contributed by atoms with Crippen LogP contribution < -0.4 is 10.1 Å². The molecule has 1 amide bonds. The molecule has 24 heavy (non-hydrogen) atoms. The number of nitrogens with one attached hydrogen (secondary N) is 1. The molecule has 1 aromatic heterocycles. The summed E-state index contributed by atoms with van der Waals surface area (Å²) in [6.45, 7) is 5.35. The van der Waals surface area contributed by atoms with Crippen molar-refractivity contribution in [2.75, 3.05) is 18.5 Å². The highest BCUT2D eigenvalue weighted by Crippen LogP contribution is 2.33. The number of anilines is 1. The first-order valence-electron chi connectivity index (χ1n) is 7.37. The van der Waals surface area contributed by atoms with Gasteiger partial charge < -0.3 is 14.8 Å². The van der Waals surface area contributed by atoms with Crippen LogP contribution in [-0.2, 0) is 9.53 Å². The maximum Gasteiger partial charge on any atom is 0.341 e. The Morgan fingerprint density at radius 3 is 2.71 bits per heavy atom. The third kappa shape index (κ3) is 4.32. The van der Waals surface area contributed by atoms with E-state index in [1.807, 2.05) is 6.92 Å². The van der Waals surface area contributed by atoms with Crippen molar-refractivity contribution in [3.05, 3.63) is 46.1 Å². The van der Waals surface area contributed by atoms with Crippen molar-refractivity contribution in [1.82, 2.24) is 0 Å². The van der Waals surface area contributed by atoms with Gasteiger partial charge in [-0.2, -0.15) is 0 Å². The lowest BCUT2D eigenvalue weighted by Gasteiger charge is -2.08. The summed E-state index contributed by atoms with van der Waals surface area (Å²) in [5, 5.41) is 3.08. The number of rotatable bonds is 6. The molecule has 0 aliphatic rings. The molecule has 0 bridgehead atoms. The van der Waals surface area contributed by atoms with Gasteiger partial charge in [0.2, 0.25) is 0 Å². The van der Waals surface area contributed by atoms with Gasteiger partial charge in [-0.05, 0) is 38.5 Å². The zero-order valence-electron chi connectivity index (χ0n) is 13.6. The maximum atomic E-state index is 13.1. The van der Waals surface area contributed by atoms with Crippen molar-refractivity contribution in [3.8, 4) is 5.75 Å². The molecule has 5 nitrogen and oxygen atoms in total. The Labute approximate surface area is 143 Å². The summed E-state index contributed by atoms with van der Waals surface area (Å²) in [6, 6.07) is 5.53. The molecule has 128 valence electrons. The number of carbonyl (C=O) groups is 2. The Morgan fingerprint density at radius 2 is 2.04 bits per heavy atom. The molecule has 0 saturated carbocycles. The third-order valence-corrected chi connectivity index (χ3v) is 4.41. The van der Waals surface area contributed by atoms with E-state index >= 15 is 0 Å². The van der Waals surface area contributed by atoms with Crippen molar-refractivity contribution in [3.63, 3.8) is 0 Å². The number of ether oxygens (including phenoxy) is 2. The fourth-order valence-corrected chi connectivity index (χ4v) is 3.10. The van der Waals surface area contributed by atoms with E-state index < -0.39 is 17.7 Å². The molecule has 0 unspecified atom stereocenters. The molecule has 0 aliphatic carbocycles. The molecular formula is C17H18FNO4S. The molecule has 0 aliphatic heterocycles. The lowest BCUT2D eigenvalue weighted by atomic mass is 10.1. The van der Waals surface area contributed by atoms with E-state index in [0.29, 0.717) is 10.6 Å². The van der Waals surface area contributed by atoms with Crippen LogP contribution in [-0.4, -0.2) is 25.1 Å². The summed E-state index contributed by atoms with van der Waals surface area (Å²) < 4.78 is 23.3. The summed E-state index contributed by atoms with van der Waals surface area (Å²) in [6.07, 6.45) is 0. The highest BCUT2D eigenvalue weighted by Gasteiger charge is 2.22. The van der Waals surface area contributed by atoms with Crippen LogP contribution in [0.4, 0.5) is 9.39 Å². The SMILES string of the molecule is CCOC(=O)c1c(NC(=O)COc2cccc(F)c2)sc(C)c1C. The summed E-state index contributed by atoms with van der Waals surface area (Å²) in [5.41, 5.74) is 1.14. The monoisotopic (exact) mass is 351 g/mol. The number of halogens is 1. The van der Waals surface area contributed by atoms with E-state index in [2.05, 4.69) is 5.32 Å². The van der Waals surface area contributed by atoms with Crippen molar-refractivity contribution >= 4 is 28.2 Å². The molecule has 0 spiro atoms. The molecule has 0 radical (unpaired) electrons. The standard InChI is InChI=1S/C17H18FNO4S/c1-4-22-17(21)15-10(2)11(3)24-16(15)19-14(20)9-23-13-7-5-6-12(18)8-13/h5-8H,4,9H2,1-3H3,(H,19,20).